The fraction of sp³-hybridized carbons (Fsp3) is 0.208. The largest absolute Gasteiger partial charge is 0.367 e. The van der Waals surface area contributed by atoms with Crippen LogP contribution in [0.5, 0.6) is 0 Å². The molecule has 170 valence electrons. The van der Waals surface area contributed by atoms with E-state index in [-0.39, 0.29) is 23.8 Å². The smallest absolute Gasteiger partial charge is 0.246 e. The molecule has 0 amide bonds. The van der Waals surface area contributed by atoms with Crippen LogP contribution < -0.4 is 4.90 Å². The lowest BCUT2D eigenvalue weighted by atomic mass is 10.2. The van der Waals surface area contributed by atoms with Gasteiger partial charge in [-0.2, -0.15) is 9.40 Å². The number of para-hydroxylation sites is 1. The van der Waals surface area contributed by atoms with Gasteiger partial charge in [0, 0.05) is 32.4 Å². The number of anilines is 1. The van der Waals surface area contributed by atoms with E-state index >= 15 is 0 Å². The van der Waals surface area contributed by atoms with Gasteiger partial charge in [-0.05, 0) is 29.1 Å². The highest BCUT2D eigenvalue weighted by atomic mass is 32.2. The van der Waals surface area contributed by atoms with E-state index in [0.717, 1.165) is 10.4 Å². The highest BCUT2D eigenvalue weighted by molar-refractivity contribution is 7.89. The number of hydrogen-bond acceptors (Lipinski definition) is 5. The third-order valence-electron chi connectivity index (χ3n) is 5.72. The Bertz CT molecular complexity index is 1330. The molecule has 2 aromatic carbocycles. The fourth-order valence-corrected chi connectivity index (χ4v) is 6.40. The first-order chi connectivity index (χ1) is 16.0. The second-order valence-corrected chi connectivity index (χ2v) is 10.7. The zero-order valence-corrected chi connectivity index (χ0v) is 19.5. The maximum atomic E-state index is 14.2. The molecule has 0 spiro atoms. The number of benzene rings is 2. The van der Waals surface area contributed by atoms with Gasteiger partial charge in [0.05, 0.1) is 17.1 Å². The van der Waals surface area contributed by atoms with Gasteiger partial charge in [0.2, 0.25) is 10.0 Å². The van der Waals surface area contributed by atoms with Crippen LogP contribution >= 0.6 is 11.3 Å². The summed E-state index contributed by atoms with van der Waals surface area (Å²) in [7, 11) is -3.77. The van der Waals surface area contributed by atoms with Crippen molar-refractivity contribution in [2.45, 2.75) is 11.4 Å². The molecule has 5 rings (SSSR count). The molecule has 1 aliphatic heterocycles. The molecule has 0 N–H and O–H groups in total. The van der Waals surface area contributed by atoms with E-state index in [1.54, 1.807) is 29.1 Å². The molecular formula is C24H23FN4O2S2. The Morgan fingerprint density at radius 1 is 0.909 bits per heavy atom. The number of thiophene rings is 1. The van der Waals surface area contributed by atoms with Crippen LogP contribution in [0.1, 0.15) is 5.56 Å². The van der Waals surface area contributed by atoms with E-state index < -0.39 is 10.0 Å². The first-order valence-corrected chi connectivity index (χ1v) is 13.0. The summed E-state index contributed by atoms with van der Waals surface area (Å²) in [6, 6.07) is 20.2. The van der Waals surface area contributed by atoms with Gasteiger partial charge in [0.25, 0.3) is 0 Å². The molecule has 33 heavy (non-hydrogen) atoms. The summed E-state index contributed by atoms with van der Waals surface area (Å²) in [6.07, 6.45) is 1.63. The van der Waals surface area contributed by atoms with Gasteiger partial charge in [-0.3, -0.25) is 4.68 Å². The van der Waals surface area contributed by atoms with Crippen molar-refractivity contribution in [3.05, 3.63) is 89.7 Å². The Morgan fingerprint density at radius 2 is 1.64 bits per heavy atom. The SMILES string of the molecule is O=S(=O)(c1cn(Cc2ccccc2)nc1-c1cccs1)N1CCN(c2ccccc2F)CC1. The predicted molar refractivity (Wildman–Crippen MR) is 128 cm³/mol. The minimum Gasteiger partial charge on any atom is -0.367 e. The Hall–Kier alpha value is -3.01. The molecule has 0 aliphatic carbocycles. The zero-order valence-electron chi connectivity index (χ0n) is 17.8. The van der Waals surface area contributed by atoms with Crippen LogP contribution in [0, 0.1) is 5.82 Å². The van der Waals surface area contributed by atoms with Gasteiger partial charge >= 0.3 is 0 Å². The number of hydrogen-bond donors (Lipinski definition) is 0. The molecule has 1 aliphatic rings. The first kappa shape index (κ1) is 21.8. The van der Waals surface area contributed by atoms with Gasteiger partial charge in [-0.1, -0.05) is 48.5 Å². The van der Waals surface area contributed by atoms with Crippen LogP contribution in [-0.2, 0) is 16.6 Å². The summed E-state index contributed by atoms with van der Waals surface area (Å²) in [5, 5.41) is 6.56. The van der Waals surface area contributed by atoms with Crippen molar-refractivity contribution < 1.29 is 12.8 Å². The molecule has 0 saturated carbocycles. The lowest BCUT2D eigenvalue weighted by Crippen LogP contribution is -2.48. The second-order valence-electron chi connectivity index (χ2n) is 7.84. The maximum absolute atomic E-state index is 14.2. The summed E-state index contributed by atoms with van der Waals surface area (Å²) in [6.45, 7) is 1.89. The quantitative estimate of drug-likeness (QED) is 0.411. The summed E-state index contributed by atoms with van der Waals surface area (Å²) in [4.78, 5) is 2.91. The lowest BCUT2D eigenvalue weighted by molar-refractivity contribution is 0.383. The molecule has 0 bridgehead atoms. The average molecular weight is 483 g/mol. The molecule has 1 saturated heterocycles. The van der Waals surface area contributed by atoms with Crippen molar-refractivity contribution in [1.29, 1.82) is 0 Å². The van der Waals surface area contributed by atoms with Crippen molar-refractivity contribution in [3.63, 3.8) is 0 Å². The summed E-state index contributed by atoms with van der Waals surface area (Å²) in [5.41, 5.74) is 2.02. The zero-order chi connectivity index (χ0) is 22.8. The number of sulfonamides is 1. The van der Waals surface area contributed by atoms with Crippen LogP contribution in [0.25, 0.3) is 10.6 Å². The summed E-state index contributed by atoms with van der Waals surface area (Å²) < 4.78 is 44.7. The number of halogens is 1. The molecule has 4 aromatic rings. The van der Waals surface area contributed by atoms with Crippen LogP contribution in [0.3, 0.4) is 0 Å². The lowest BCUT2D eigenvalue weighted by Gasteiger charge is -2.35. The normalized spacial score (nSPS) is 15.1. The topological polar surface area (TPSA) is 58.4 Å². The number of piperazine rings is 1. The molecule has 2 aromatic heterocycles. The monoisotopic (exact) mass is 482 g/mol. The van der Waals surface area contributed by atoms with Crippen molar-refractivity contribution in [2.24, 2.45) is 0 Å². The number of nitrogens with zero attached hydrogens (tertiary/aromatic N) is 4. The summed E-state index contributed by atoms with van der Waals surface area (Å²) in [5.74, 6) is -0.295. The van der Waals surface area contributed by atoms with Crippen LogP contribution in [0.15, 0.2) is 83.2 Å². The Morgan fingerprint density at radius 3 is 2.33 bits per heavy atom. The average Bonchev–Trinajstić information content (AvgIpc) is 3.51. The number of aromatic nitrogens is 2. The Labute approximate surface area is 196 Å². The van der Waals surface area contributed by atoms with E-state index in [9.17, 15) is 12.8 Å². The maximum Gasteiger partial charge on any atom is 0.246 e. The number of rotatable bonds is 6. The minimum atomic E-state index is -3.77. The van der Waals surface area contributed by atoms with Gasteiger partial charge in [-0.25, -0.2) is 12.8 Å². The van der Waals surface area contributed by atoms with Crippen LogP contribution in [0.2, 0.25) is 0 Å². The first-order valence-electron chi connectivity index (χ1n) is 10.7. The highest BCUT2D eigenvalue weighted by Gasteiger charge is 2.33. The molecule has 0 atom stereocenters. The van der Waals surface area contributed by atoms with Gasteiger partial charge in [0.15, 0.2) is 0 Å². The van der Waals surface area contributed by atoms with Crippen molar-refractivity contribution in [1.82, 2.24) is 14.1 Å². The Kier molecular flexibility index (Phi) is 6.01. The van der Waals surface area contributed by atoms with E-state index in [4.69, 9.17) is 0 Å². The second kappa shape index (κ2) is 9.09. The molecule has 3 heterocycles. The van der Waals surface area contributed by atoms with E-state index in [0.29, 0.717) is 31.0 Å². The van der Waals surface area contributed by atoms with Gasteiger partial charge in [0.1, 0.15) is 16.4 Å². The fourth-order valence-electron chi connectivity index (χ4n) is 4.04. The van der Waals surface area contributed by atoms with E-state index in [1.807, 2.05) is 52.7 Å². The Balaban J connectivity index is 1.42. The standard InChI is InChI=1S/C24H23FN4O2S2/c25-20-9-4-5-10-21(20)27-12-14-29(15-13-27)33(30,31)23-18-28(17-19-7-2-1-3-8-19)26-24(23)22-11-6-16-32-22/h1-11,16,18H,12-15,17H2. The third kappa shape index (κ3) is 4.44. The molecule has 0 unspecified atom stereocenters. The molecule has 0 radical (unpaired) electrons. The van der Waals surface area contributed by atoms with Crippen LogP contribution in [-0.4, -0.2) is 48.7 Å². The molecule has 9 heteroatoms. The molecular weight excluding hydrogens is 459 g/mol. The van der Waals surface area contributed by atoms with Crippen molar-refractivity contribution in [2.75, 3.05) is 31.1 Å². The van der Waals surface area contributed by atoms with Crippen molar-refractivity contribution in [3.8, 4) is 10.6 Å². The van der Waals surface area contributed by atoms with Crippen LogP contribution in [0.4, 0.5) is 10.1 Å². The third-order valence-corrected chi connectivity index (χ3v) is 8.50. The molecule has 6 nitrogen and oxygen atoms in total. The van der Waals surface area contributed by atoms with E-state index in [1.165, 1.54) is 21.7 Å². The van der Waals surface area contributed by atoms with Gasteiger partial charge < -0.3 is 4.90 Å². The predicted octanol–water partition coefficient (Wildman–Crippen LogP) is 4.31. The van der Waals surface area contributed by atoms with Gasteiger partial charge in [-0.15, -0.1) is 11.3 Å². The molecule has 1 fully saturated rings. The van der Waals surface area contributed by atoms with Crippen molar-refractivity contribution >= 4 is 27.0 Å². The minimum absolute atomic E-state index is 0.209. The highest BCUT2D eigenvalue weighted by Crippen LogP contribution is 2.32. The van der Waals surface area contributed by atoms with E-state index in [2.05, 4.69) is 5.10 Å². The summed E-state index contributed by atoms with van der Waals surface area (Å²) >= 11 is 1.46.